The van der Waals surface area contributed by atoms with E-state index in [2.05, 4.69) is 36.1 Å². The van der Waals surface area contributed by atoms with Crippen LogP contribution in [0.5, 0.6) is 0 Å². The predicted octanol–water partition coefficient (Wildman–Crippen LogP) is 2.34. The Morgan fingerprint density at radius 3 is 2.85 bits per heavy atom. The molecule has 0 aromatic carbocycles. The fourth-order valence-electron chi connectivity index (χ4n) is 4.03. The number of hydrogen-bond donors (Lipinski definition) is 1. The Morgan fingerprint density at radius 2 is 2.19 bits per heavy atom. The number of aliphatic imine (C=N–C) groups is 1. The maximum absolute atomic E-state index is 5.66. The minimum Gasteiger partial charge on any atom is -0.383 e. The molecule has 3 heterocycles. The summed E-state index contributed by atoms with van der Waals surface area (Å²) in [5.74, 6) is 1.01. The van der Waals surface area contributed by atoms with Crippen molar-refractivity contribution in [3.05, 3.63) is 17.0 Å². The van der Waals surface area contributed by atoms with Gasteiger partial charge in [0.05, 0.1) is 32.0 Å². The summed E-state index contributed by atoms with van der Waals surface area (Å²) < 4.78 is 12.9. The number of hydrogen-bond acceptors (Lipinski definition) is 4. The van der Waals surface area contributed by atoms with Gasteiger partial charge in [0.2, 0.25) is 0 Å². The van der Waals surface area contributed by atoms with Crippen LogP contribution in [0.2, 0.25) is 0 Å². The van der Waals surface area contributed by atoms with Crippen LogP contribution in [0.1, 0.15) is 36.7 Å². The first-order valence-corrected chi connectivity index (χ1v) is 9.71. The zero-order chi connectivity index (χ0) is 18.6. The quantitative estimate of drug-likeness (QED) is 0.376. The standard InChI is InChI=1S/C19H33N5O2.HI/c1-5-20-18(23-8-6-19(13-23)7-10-26-14-19)21-12-17-15(2)22-24(16(17)3)9-11-25-4;/h5-14H2,1-4H3,(H,20,21);1H. The lowest BCUT2D eigenvalue weighted by molar-refractivity contribution is 0.156. The highest BCUT2D eigenvalue weighted by molar-refractivity contribution is 14.0. The Balaban J connectivity index is 0.00000261. The first kappa shape index (κ1) is 22.4. The molecular formula is C19H34IN5O2. The molecule has 1 spiro atoms. The normalized spacial score (nSPS) is 22.5. The molecule has 1 aromatic heterocycles. The molecule has 1 unspecified atom stereocenters. The molecule has 0 aliphatic carbocycles. The summed E-state index contributed by atoms with van der Waals surface area (Å²) >= 11 is 0. The summed E-state index contributed by atoms with van der Waals surface area (Å²) in [4.78, 5) is 7.34. The Hall–Kier alpha value is -0.870. The largest absolute Gasteiger partial charge is 0.383 e. The molecule has 154 valence electrons. The van der Waals surface area contributed by atoms with Crippen molar-refractivity contribution >= 4 is 29.9 Å². The van der Waals surface area contributed by atoms with Gasteiger partial charge < -0.3 is 19.7 Å². The summed E-state index contributed by atoms with van der Waals surface area (Å²) in [6.45, 7) is 13.2. The topological polar surface area (TPSA) is 63.9 Å². The first-order chi connectivity index (χ1) is 12.6. The van der Waals surface area contributed by atoms with Crippen molar-refractivity contribution in [1.29, 1.82) is 0 Å². The molecule has 2 saturated heterocycles. The molecule has 2 fully saturated rings. The van der Waals surface area contributed by atoms with Gasteiger partial charge in [0.15, 0.2) is 5.96 Å². The minimum absolute atomic E-state index is 0. The van der Waals surface area contributed by atoms with Crippen LogP contribution >= 0.6 is 24.0 Å². The number of ether oxygens (including phenoxy) is 2. The molecule has 1 N–H and O–H groups in total. The van der Waals surface area contributed by atoms with Crippen LogP contribution < -0.4 is 5.32 Å². The SMILES string of the molecule is CCNC(=NCc1c(C)nn(CCOC)c1C)N1CCC2(CCOC2)C1.I. The van der Waals surface area contributed by atoms with Gasteiger partial charge in [0, 0.05) is 50.0 Å². The molecule has 0 radical (unpaired) electrons. The van der Waals surface area contributed by atoms with E-state index in [0.717, 1.165) is 51.0 Å². The van der Waals surface area contributed by atoms with E-state index < -0.39 is 0 Å². The molecule has 0 saturated carbocycles. The number of nitrogens with zero attached hydrogens (tertiary/aromatic N) is 4. The minimum atomic E-state index is 0. The third kappa shape index (κ3) is 5.14. The van der Waals surface area contributed by atoms with Crippen molar-refractivity contribution in [2.45, 2.75) is 46.7 Å². The molecule has 2 aliphatic rings. The Kier molecular flexibility index (Phi) is 8.36. The maximum atomic E-state index is 5.66. The van der Waals surface area contributed by atoms with Gasteiger partial charge in [-0.2, -0.15) is 5.10 Å². The number of aromatic nitrogens is 2. The second-order valence-corrected chi connectivity index (χ2v) is 7.51. The molecule has 2 aliphatic heterocycles. The number of rotatable bonds is 6. The van der Waals surface area contributed by atoms with Crippen molar-refractivity contribution in [3.8, 4) is 0 Å². The Labute approximate surface area is 179 Å². The van der Waals surface area contributed by atoms with Crippen LogP contribution in [-0.4, -0.2) is 67.2 Å². The number of likely N-dealkylation sites (tertiary alicyclic amines) is 1. The zero-order valence-corrected chi connectivity index (χ0v) is 19.4. The van der Waals surface area contributed by atoms with Gasteiger partial charge >= 0.3 is 0 Å². The highest BCUT2D eigenvalue weighted by atomic mass is 127. The van der Waals surface area contributed by atoms with Crippen LogP contribution in [0.15, 0.2) is 4.99 Å². The van der Waals surface area contributed by atoms with Gasteiger partial charge in [0.1, 0.15) is 0 Å². The van der Waals surface area contributed by atoms with Gasteiger partial charge in [-0.25, -0.2) is 4.99 Å². The van der Waals surface area contributed by atoms with E-state index in [1.54, 1.807) is 7.11 Å². The summed E-state index contributed by atoms with van der Waals surface area (Å²) in [6, 6.07) is 0. The van der Waals surface area contributed by atoms with Gasteiger partial charge in [-0.05, 0) is 33.6 Å². The van der Waals surface area contributed by atoms with E-state index in [4.69, 9.17) is 14.5 Å². The van der Waals surface area contributed by atoms with Crippen molar-refractivity contribution < 1.29 is 9.47 Å². The van der Waals surface area contributed by atoms with Crippen LogP contribution in [0.3, 0.4) is 0 Å². The molecule has 0 bridgehead atoms. The van der Waals surface area contributed by atoms with E-state index in [-0.39, 0.29) is 24.0 Å². The Morgan fingerprint density at radius 1 is 1.37 bits per heavy atom. The molecule has 7 nitrogen and oxygen atoms in total. The molecule has 1 aromatic rings. The third-order valence-electron chi connectivity index (χ3n) is 5.68. The monoisotopic (exact) mass is 491 g/mol. The highest BCUT2D eigenvalue weighted by Gasteiger charge is 2.42. The third-order valence-corrected chi connectivity index (χ3v) is 5.68. The average molecular weight is 491 g/mol. The fraction of sp³-hybridized carbons (Fsp3) is 0.789. The Bertz CT molecular complexity index is 640. The lowest BCUT2D eigenvalue weighted by Crippen LogP contribution is -2.41. The van der Waals surface area contributed by atoms with E-state index in [0.29, 0.717) is 18.6 Å². The van der Waals surface area contributed by atoms with E-state index in [9.17, 15) is 0 Å². The average Bonchev–Trinajstić information content (AvgIpc) is 3.33. The molecule has 27 heavy (non-hydrogen) atoms. The van der Waals surface area contributed by atoms with Gasteiger partial charge in [-0.1, -0.05) is 0 Å². The zero-order valence-electron chi connectivity index (χ0n) is 17.1. The van der Waals surface area contributed by atoms with E-state index >= 15 is 0 Å². The second-order valence-electron chi connectivity index (χ2n) is 7.51. The summed E-state index contributed by atoms with van der Waals surface area (Å²) in [6.07, 6.45) is 2.37. The predicted molar refractivity (Wildman–Crippen MR) is 118 cm³/mol. The van der Waals surface area contributed by atoms with Crippen LogP contribution in [0.4, 0.5) is 0 Å². The van der Waals surface area contributed by atoms with Gasteiger partial charge in [-0.15, -0.1) is 24.0 Å². The van der Waals surface area contributed by atoms with Crippen molar-refractivity contribution in [1.82, 2.24) is 20.0 Å². The lowest BCUT2D eigenvalue weighted by Gasteiger charge is -2.25. The smallest absolute Gasteiger partial charge is 0.194 e. The van der Waals surface area contributed by atoms with Gasteiger partial charge in [0.25, 0.3) is 0 Å². The van der Waals surface area contributed by atoms with Crippen LogP contribution in [0, 0.1) is 19.3 Å². The van der Waals surface area contributed by atoms with Gasteiger partial charge in [-0.3, -0.25) is 4.68 Å². The number of guanidine groups is 1. The van der Waals surface area contributed by atoms with Crippen molar-refractivity contribution in [2.75, 3.05) is 46.6 Å². The summed E-state index contributed by atoms with van der Waals surface area (Å²) in [5, 5.41) is 8.11. The number of aryl methyl sites for hydroxylation is 1. The molecule has 1 atom stereocenters. The summed E-state index contributed by atoms with van der Waals surface area (Å²) in [5.41, 5.74) is 3.80. The van der Waals surface area contributed by atoms with E-state index in [1.807, 2.05) is 4.68 Å². The molecule has 3 rings (SSSR count). The fourth-order valence-corrected chi connectivity index (χ4v) is 4.03. The van der Waals surface area contributed by atoms with Crippen LogP contribution in [0.25, 0.3) is 0 Å². The van der Waals surface area contributed by atoms with E-state index in [1.165, 1.54) is 24.1 Å². The molecule has 0 amide bonds. The maximum Gasteiger partial charge on any atom is 0.194 e. The first-order valence-electron chi connectivity index (χ1n) is 9.71. The number of methoxy groups -OCH3 is 1. The van der Waals surface area contributed by atoms with Crippen molar-refractivity contribution in [2.24, 2.45) is 10.4 Å². The molecular weight excluding hydrogens is 457 g/mol. The van der Waals surface area contributed by atoms with Crippen molar-refractivity contribution in [3.63, 3.8) is 0 Å². The highest BCUT2D eigenvalue weighted by Crippen LogP contribution is 2.38. The molecule has 8 heteroatoms. The second kappa shape index (κ2) is 10.1. The summed E-state index contributed by atoms with van der Waals surface area (Å²) in [7, 11) is 1.72. The van der Waals surface area contributed by atoms with Crippen LogP contribution in [-0.2, 0) is 22.6 Å². The lowest BCUT2D eigenvalue weighted by atomic mass is 9.87. The number of nitrogens with one attached hydrogen (secondary N) is 1. The number of halogens is 1.